The van der Waals surface area contributed by atoms with Gasteiger partial charge in [-0.05, 0) is 20.8 Å². The molecule has 0 amide bonds. The van der Waals surface area contributed by atoms with Crippen molar-refractivity contribution < 1.29 is 203 Å². The zero-order chi connectivity index (χ0) is 72.3. The molecule has 0 aromatic rings. The van der Waals surface area contributed by atoms with Crippen LogP contribution in [0.3, 0.4) is 0 Å². The number of aliphatic carboxylic acids is 2. The summed E-state index contributed by atoms with van der Waals surface area (Å²) in [6.07, 6.45) is -55.2. The van der Waals surface area contributed by atoms with Gasteiger partial charge in [0, 0.05) is 49.8 Å². The third kappa shape index (κ3) is 24.6. The van der Waals surface area contributed by atoms with Crippen molar-refractivity contribution in [3.63, 3.8) is 0 Å². The van der Waals surface area contributed by atoms with Gasteiger partial charge in [-0.25, -0.2) is 50.5 Å². The number of rotatable bonds is 34. The molecule has 0 radical (unpaired) electrons. The highest BCUT2D eigenvalue weighted by atomic mass is 32.3. The monoisotopic (exact) mass is 1510 g/mol. The molecule has 5 aliphatic rings. The smallest absolute Gasteiger partial charge is 0.218 e. The van der Waals surface area contributed by atoms with E-state index in [1.165, 1.54) is 20.3 Å². The van der Waals surface area contributed by atoms with Gasteiger partial charge < -0.3 is 128 Å². The van der Waals surface area contributed by atoms with E-state index in [0.29, 0.717) is 0 Å². The lowest BCUT2D eigenvalue weighted by atomic mass is 9.94. The SMILES string of the molecule is CCC.CO[C@@H]1[C@@H](OC)[C@H](O[C@H]2[C@H](OS(=O)(=O)[O-])[C@@H](OS(=O)(=O)[O-])[C@@H](O[C@H]3[C@H](OC)[C@@H](OC)[C@H](O[C@H]4[C@H](OC)[C@@H](OS(=O)(=O)[O-])[C@@H](C)O[C@@H]4COS(=O)(=O)[O-])O[C@H]3C(=O)[O-])O[C@@H]2COS(=O)(=O)[O-])O[C@H](C(=O)[O-])[C@H]1O[C@H]1O[C@H](COS(=O)(=O)[O-])[C@@H](OC(C)C)[C@H](OC)[C@H]1OC. The average molecular weight is 1510 g/mol. The van der Waals surface area contributed by atoms with Crippen LogP contribution in [0.15, 0.2) is 0 Å². The Hall–Kier alpha value is -2.52. The Bertz CT molecular complexity index is 3140. The van der Waals surface area contributed by atoms with Gasteiger partial charge in [-0.2, -0.15) is 0 Å². The Morgan fingerprint density at radius 3 is 0.937 bits per heavy atom. The van der Waals surface area contributed by atoms with E-state index >= 15 is 0 Å². The fourth-order valence-electron chi connectivity index (χ4n) is 10.4. The summed E-state index contributed by atoms with van der Waals surface area (Å²) in [6, 6.07) is 0. The lowest BCUT2D eigenvalue weighted by Gasteiger charge is -2.52. The van der Waals surface area contributed by atoms with Crippen molar-refractivity contribution in [3.05, 3.63) is 0 Å². The van der Waals surface area contributed by atoms with E-state index in [-0.39, 0.29) is 0 Å². The molecule has 5 fully saturated rings. The van der Waals surface area contributed by atoms with Gasteiger partial charge in [-0.15, -0.1) is 0 Å². The van der Waals surface area contributed by atoms with E-state index in [1.54, 1.807) is 0 Å². The molecule has 0 saturated carbocycles. The predicted octanol–water partition coefficient (Wildman–Crippen LogP) is -9.00. The fourth-order valence-corrected chi connectivity index (χ4v) is 12.8. The van der Waals surface area contributed by atoms with Crippen molar-refractivity contribution in [3.8, 4) is 0 Å². The molecular weight excluding hydrogens is 1440 g/mol. The summed E-state index contributed by atoms with van der Waals surface area (Å²) in [5.74, 6) is -4.68. The first-order valence-corrected chi connectivity index (χ1v) is 35.2. The Labute approximate surface area is 545 Å². The fraction of sp³-hybridized carbons (Fsp3) is 0.955. The Morgan fingerprint density at radius 1 is 0.358 bits per heavy atom. The largest absolute Gasteiger partial charge is 0.726 e. The summed E-state index contributed by atoms with van der Waals surface area (Å²) in [5.41, 5.74) is 0. The zero-order valence-electron chi connectivity index (χ0n) is 51.7. The molecule has 25 atom stereocenters. The topological polar surface area (TPSA) is 636 Å². The second kappa shape index (κ2) is 35.9. The number of carbonyl (C=O) groups excluding carboxylic acids is 2. The summed E-state index contributed by atoms with van der Waals surface area (Å²) in [7, 11) is -29.2. The van der Waals surface area contributed by atoms with Crippen molar-refractivity contribution in [1.82, 2.24) is 0 Å². The van der Waals surface area contributed by atoms with Gasteiger partial charge in [0.25, 0.3) is 0 Å². The minimum absolute atomic E-state index is 0.670. The molecule has 95 heavy (non-hydrogen) atoms. The molecule has 0 N–H and O–H groups in total. The lowest BCUT2D eigenvalue weighted by molar-refractivity contribution is -0.400. The summed E-state index contributed by atoms with van der Waals surface area (Å²) in [5, 5.41) is 26.3. The van der Waals surface area contributed by atoms with E-state index in [9.17, 15) is 97.6 Å². The molecule has 0 aromatic heterocycles. The Morgan fingerprint density at radius 2 is 0.621 bits per heavy atom. The van der Waals surface area contributed by atoms with E-state index in [0.717, 1.165) is 56.7 Å². The summed E-state index contributed by atoms with van der Waals surface area (Å²) in [6.45, 7) is 4.19. The minimum Gasteiger partial charge on any atom is -0.726 e. The van der Waals surface area contributed by atoms with Crippen LogP contribution in [0.25, 0.3) is 0 Å². The highest BCUT2D eigenvalue weighted by Gasteiger charge is 2.60. The van der Waals surface area contributed by atoms with Crippen molar-refractivity contribution >= 4 is 74.3 Å². The van der Waals surface area contributed by atoms with E-state index in [4.69, 9.17) is 80.5 Å². The van der Waals surface area contributed by atoms with E-state index < -0.39 is 254 Å². The maximum atomic E-state index is 13.2. The van der Waals surface area contributed by atoms with Crippen LogP contribution in [0.2, 0.25) is 0 Å². The number of carboxylic acid groups (broad SMARTS) is 2. The third-order valence-corrected chi connectivity index (χ3v) is 16.5. The van der Waals surface area contributed by atoms with Gasteiger partial charge in [0.1, 0.15) is 116 Å². The summed E-state index contributed by atoms with van der Waals surface area (Å²) >= 11 is 0. The quantitative estimate of drug-likeness (QED) is 0.0426. The van der Waals surface area contributed by atoms with Gasteiger partial charge in [0.15, 0.2) is 31.3 Å². The molecule has 0 aliphatic carbocycles. The van der Waals surface area contributed by atoms with E-state index in [1.807, 2.05) is 0 Å². The molecule has 0 spiro atoms. The first-order chi connectivity index (χ1) is 43.8. The van der Waals surface area contributed by atoms with Crippen molar-refractivity contribution in [2.45, 2.75) is 200 Å². The van der Waals surface area contributed by atoms with Crippen LogP contribution in [0.1, 0.15) is 41.0 Å². The number of carbonyl (C=O) groups is 2. The molecule has 5 heterocycles. The number of hydrogen-bond acceptors (Lipinski definition) is 45. The van der Waals surface area contributed by atoms with Gasteiger partial charge in [-0.1, -0.05) is 20.3 Å². The van der Waals surface area contributed by atoms with Crippen LogP contribution in [-0.4, -0.2) is 319 Å². The maximum absolute atomic E-state index is 13.2. The van der Waals surface area contributed by atoms with Gasteiger partial charge in [0.2, 0.25) is 62.4 Å². The predicted molar refractivity (Wildman–Crippen MR) is 281 cm³/mol. The highest BCUT2D eigenvalue weighted by molar-refractivity contribution is 7.82. The average Bonchev–Trinajstić information content (AvgIpc) is 0.767. The molecule has 51 heteroatoms. The standard InChI is InChI=1S/C41H70O45S6.C3H8/c1-14(2)74-20-17(12-72-88(49,50)51)76-38(32(68-8)24(20)65-5)80-27-25(66-6)34(70-10)40(83-30(27)36(42)43)79-22-18(13-73-89(52,53)54)77-41(35(86-92(61,62)63)29(22)85-91(58,59)60)81-28-26(67-7)33(69-9)39(82-31(28)37(44)45)78-21-16(11-71-87(46,47)48)75-15(3)19(23(21)64-4)84-90(55,56)57;1-3-2/h14-35,38-41H,11-13H2,1-10H3,(H,42,43)(H,44,45)(H,46,47,48)(H,49,50,51)(H,52,53,54)(H,55,56,57)(H,58,59,60)(H,61,62,63);3H2,1-2H3/p-8/t15-,16-,17-,18-,19+,20-,21-,22-,23-,24+,25+,26+,27+,28+,29+,30+,31-,32-,33-,34-,35-,38-,39-,40-,41-;/m1./s1. The van der Waals surface area contributed by atoms with Gasteiger partial charge in [0.05, 0.1) is 44.0 Å². The molecule has 560 valence electrons. The van der Waals surface area contributed by atoms with Crippen LogP contribution in [0.5, 0.6) is 0 Å². The zero-order valence-corrected chi connectivity index (χ0v) is 56.6. The summed E-state index contributed by atoms with van der Waals surface area (Å²) in [4.78, 5) is 26.3. The van der Waals surface area contributed by atoms with Gasteiger partial charge in [-0.3, -0.25) is 25.1 Å². The van der Waals surface area contributed by atoms with Crippen LogP contribution < -0.4 is 10.2 Å². The molecule has 45 nitrogen and oxygen atoms in total. The number of methoxy groups -OCH3 is 7. The number of hydrogen-bond donors (Lipinski definition) is 0. The summed E-state index contributed by atoms with van der Waals surface area (Å²) < 4.78 is 340. The van der Waals surface area contributed by atoms with Crippen LogP contribution in [-0.2, 0) is 178 Å². The molecule has 0 unspecified atom stereocenters. The second-order valence-corrected chi connectivity index (χ2v) is 26.8. The van der Waals surface area contributed by atoms with Crippen LogP contribution in [0, 0.1) is 0 Å². The molecular formula is C44H70O45S6-8. The molecule has 0 bridgehead atoms. The Balaban J connectivity index is 0.00000628. The van der Waals surface area contributed by atoms with Gasteiger partial charge >= 0.3 is 0 Å². The number of carboxylic acids is 2. The van der Waals surface area contributed by atoms with Crippen molar-refractivity contribution in [2.75, 3.05) is 69.6 Å². The van der Waals surface area contributed by atoms with Crippen LogP contribution >= 0.6 is 0 Å². The Kier molecular flexibility index (Phi) is 32.1. The minimum atomic E-state index is -6.44. The number of ether oxygens (including phenoxy) is 17. The van der Waals surface area contributed by atoms with Crippen molar-refractivity contribution in [2.24, 2.45) is 0 Å². The highest BCUT2D eigenvalue weighted by Crippen LogP contribution is 2.41. The third-order valence-electron chi connectivity index (χ3n) is 13.8. The van der Waals surface area contributed by atoms with Crippen molar-refractivity contribution in [1.29, 1.82) is 0 Å². The second-order valence-electron chi connectivity index (χ2n) is 20.6. The lowest BCUT2D eigenvalue weighted by Crippen LogP contribution is -2.70. The normalized spacial score (nSPS) is 37.1. The first-order valence-electron chi connectivity index (χ1n) is 27.2. The first kappa shape index (κ1) is 84.9. The maximum Gasteiger partial charge on any atom is 0.218 e. The molecule has 5 aliphatic heterocycles. The molecule has 0 aromatic carbocycles. The van der Waals surface area contributed by atoms with E-state index in [2.05, 4.69) is 38.9 Å². The molecule has 5 saturated heterocycles. The van der Waals surface area contributed by atoms with Crippen LogP contribution in [0.4, 0.5) is 0 Å². The molecule has 5 rings (SSSR count).